The standard InChI is InChI=1S/C15H16FNO3/c16-13-6-4-12(5-7-13)11-20-14-3-1-8-17(15(14)19)9-2-10-18/h1,3-8,18H,2,9-11H2. The fourth-order valence-electron chi connectivity index (χ4n) is 1.78. The number of hydrogen-bond acceptors (Lipinski definition) is 3. The third-order valence-electron chi connectivity index (χ3n) is 2.85. The number of benzene rings is 1. The molecule has 0 saturated heterocycles. The average Bonchev–Trinajstić information content (AvgIpc) is 2.47. The van der Waals surface area contributed by atoms with Gasteiger partial charge < -0.3 is 14.4 Å². The van der Waals surface area contributed by atoms with Crippen LogP contribution in [0.4, 0.5) is 4.39 Å². The number of aliphatic hydroxyl groups excluding tert-OH is 1. The molecule has 1 aromatic heterocycles. The number of pyridine rings is 1. The van der Waals surface area contributed by atoms with E-state index in [1.165, 1.54) is 16.7 Å². The molecule has 1 aromatic carbocycles. The number of aliphatic hydroxyl groups is 1. The minimum atomic E-state index is -0.306. The van der Waals surface area contributed by atoms with Crippen molar-refractivity contribution in [3.63, 3.8) is 0 Å². The number of aromatic nitrogens is 1. The summed E-state index contributed by atoms with van der Waals surface area (Å²) in [6.45, 7) is 0.690. The summed E-state index contributed by atoms with van der Waals surface area (Å²) in [5, 5.41) is 8.78. The third kappa shape index (κ3) is 3.68. The SMILES string of the molecule is O=c1c(OCc2ccc(F)cc2)cccn1CCCO. The molecule has 20 heavy (non-hydrogen) atoms. The molecule has 1 N–H and O–H groups in total. The average molecular weight is 277 g/mol. The zero-order chi connectivity index (χ0) is 14.4. The highest BCUT2D eigenvalue weighted by Gasteiger charge is 2.04. The molecule has 0 aliphatic carbocycles. The van der Waals surface area contributed by atoms with Crippen LogP contribution in [0.5, 0.6) is 5.75 Å². The van der Waals surface area contributed by atoms with E-state index in [9.17, 15) is 9.18 Å². The van der Waals surface area contributed by atoms with Gasteiger partial charge in [0, 0.05) is 19.3 Å². The first-order valence-electron chi connectivity index (χ1n) is 6.38. The van der Waals surface area contributed by atoms with Crippen LogP contribution in [-0.2, 0) is 13.2 Å². The first-order valence-corrected chi connectivity index (χ1v) is 6.38. The highest BCUT2D eigenvalue weighted by atomic mass is 19.1. The van der Waals surface area contributed by atoms with Gasteiger partial charge in [-0.05, 0) is 36.2 Å². The Morgan fingerprint density at radius 2 is 1.95 bits per heavy atom. The number of aryl methyl sites for hydroxylation is 1. The summed E-state index contributed by atoms with van der Waals surface area (Å²) in [6, 6.07) is 9.25. The molecule has 2 rings (SSSR count). The molecule has 0 spiro atoms. The second-order valence-corrected chi connectivity index (χ2v) is 4.36. The molecule has 106 valence electrons. The fraction of sp³-hybridized carbons (Fsp3) is 0.267. The molecule has 1 heterocycles. The maximum atomic E-state index is 12.8. The number of ether oxygens (including phenoxy) is 1. The molecule has 5 heteroatoms. The summed E-state index contributed by atoms with van der Waals surface area (Å²) >= 11 is 0. The van der Waals surface area contributed by atoms with Gasteiger partial charge in [-0.2, -0.15) is 0 Å². The van der Waals surface area contributed by atoms with Gasteiger partial charge in [-0.3, -0.25) is 4.79 Å². The van der Waals surface area contributed by atoms with Crippen LogP contribution in [0.1, 0.15) is 12.0 Å². The molecule has 0 unspecified atom stereocenters. The van der Waals surface area contributed by atoms with E-state index in [-0.39, 0.29) is 30.3 Å². The summed E-state index contributed by atoms with van der Waals surface area (Å²) in [4.78, 5) is 12.0. The molecule has 0 aliphatic heterocycles. The van der Waals surface area contributed by atoms with Crippen molar-refractivity contribution in [2.75, 3.05) is 6.61 Å². The molecule has 0 radical (unpaired) electrons. The van der Waals surface area contributed by atoms with Crippen molar-refractivity contribution in [2.24, 2.45) is 0 Å². The monoisotopic (exact) mass is 277 g/mol. The first-order chi connectivity index (χ1) is 9.70. The summed E-state index contributed by atoms with van der Waals surface area (Å²) in [7, 11) is 0. The lowest BCUT2D eigenvalue weighted by Gasteiger charge is -2.09. The zero-order valence-corrected chi connectivity index (χ0v) is 11.0. The Hall–Kier alpha value is -2.14. The van der Waals surface area contributed by atoms with Gasteiger partial charge in [-0.1, -0.05) is 12.1 Å². The molecule has 0 amide bonds. The minimum absolute atomic E-state index is 0.0348. The smallest absolute Gasteiger partial charge is 0.292 e. The Kier molecular flexibility index (Phi) is 4.90. The molecule has 0 atom stereocenters. The molecular weight excluding hydrogens is 261 g/mol. The van der Waals surface area contributed by atoms with Crippen LogP contribution >= 0.6 is 0 Å². The zero-order valence-electron chi connectivity index (χ0n) is 11.0. The minimum Gasteiger partial charge on any atom is -0.483 e. The molecular formula is C15H16FNO3. The van der Waals surface area contributed by atoms with Gasteiger partial charge in [0.2, 0.25) is 0 Å². The third-order valence-corrected chi connectivity index (χ3v) is 2.85. The van der Waals surface area contributed by atoms with Crippen molar-refractivity contribution in [3.8, 4) is 5.75 Å². The van der Waals surface area contributed by atoms with Crippen LogP contribution in [-0.4, -0.2) is 16.3 Å². The van der Waals surface area contributed by atoms with Gasteiger partial charge in [0.25, 0.3) is 5.56 Å². The quantitative estimate of drug-likeness (QED) is 0.878. The van der Waals surface area contributed by atoms with Crippen LogP contribution in [0.3, 0.4) is 0 Å². The van der Waals surface area contributed by atoms with E-state index in [4.69, 9.17) is 9.84 Å². The van der Waals surface area contributed by atoms with E-state index >= 15 is 0 Å². The van der Waals surface area contributed by atoms with E-state index in [1.54, 1.807) is 30.5 Å². The normalized spacial score (nSPS) is 10.5. The summed E-state index contributed by atoms with van der Waals surface area (Å²) in [5.74, 6) is -0.0606. The predicted molar refractivity (Wildman–Crippen MR) is 73.1 cm³/mol. The van der Waals surface area contributed by atoms with Crippen LogP contribution in [0.15, 0.2) is 47.4 Å². The van der Waals surface area contributed by atoms with Crippen molar-refractivity contribution in [2.45, 2.75) is 19.6 Å². The molecule has 0 fully saturated rings. The molecule has 0 bridgehead atoms. The number of hydrogen-bond donors (Lipinski definition) is 1. The molecule has 0 aliphatic rings. The van der Waals surface area contributed by atoms with Gasteiger partial charge in [0.1, 0.15) is 12.4 Å². The summed E-state index contributed by atoms with van der Waals surface area (Å²) < 4.78 is 19.7. The highest BCUT2D eigenvalue weighted by Crippen LogP contribution is 2.08. The van der Waals surface area contributed by atoms with Gasteiger partial charge in [0.05, 0.1) is 0 Å². The topological polar surface area (TPSA) is 51.5 Å². The van der Waals surface area contributed by atoms with E-state index in [0.717, 1.165) is 5.56 Å². The second kappa shape index (κ2) is 6.86. The van der Waals surface area contributed by atoms with Gasteiger partial charge in [0.15, 0.2) is 5.75 Å². The number of nitrogens with zero attached hydrogens (tertiary/aromatic N) is 1. The number of rotatable bonds is 6. The Morgan fingerprint density at radius 1 is 1.20 bits per heavy atom. The Morgan fingerprint density at radius 3 is 2.65 bits per heavy atom. The predicted octanol–water partition coefficient (Wildman–Crippen LogP) is 1.95. The van der Waals surface area contributed by atoms with Crippen LogP contribution in [0.2, 0.25) is 0 Å². The van der Waals surface area contributed by atoms with Crippen molar-refractivity contribution < 1.29 is 14.2 Å². The Bertz CT molecular complexity index is 607. The lowest BCUT2D eigenvalue weighted by atomic mass is 10.2. The maximum Gasteiger partial charge on any atom is 0.292 e. The molecule has 4 nitrogen and oxygen atoms in total. The van der Waals surface area contributed by atoms with Gasteiger partial charge in [-0.15, -0.1) is 0 Å². The fourth-order valence-corrected chi connectivity index (χ4v) is 1.78. The van der Waals surface area contributed by atoms with Crippen LogP contribution < -0.4 is 10.3 Å². The Labute approximate surface area is 116 Å². The highest BCUT2D eigenvalue weighted by molar-refractivity contribution is 5.20. The van der Waals surface area contributed by atoms with E-state index < -0.39 is 0 Å². The van der Waals surface area contributed by atoms with Crippen LogP contribution in [0, 0.1) is 5.82 Å². The van der Waals surface area contributed by atoms with Gasteiger partial charge in [-0.25, -0.2) is 4.39 Å². The van der Waals surface area contributed by atoms with Crippen molar-refractivity contribution in [1.82, 2.24) is 4.57 Å². The second-order valence-electron chi connectivity index (χ2n) is 4.36. The number of halogens is 1. The van der Waals surface area contributed by atoms with Crippen LogP contribution in [0.25, 0.3) is 0 Å². The van der Waals surface area contributed by atoms with E-state index in [1.807, 2.05) is 0 Å². The lowest BCUT2D eigenvalue weighted by Crippen LogP contribution is -2.21. The summed E-state index contributed by atoms with van der Waals surface area (Å²) in [6.07, 6.45) is 2.17. The van der Waals surface area contributed by atoms with Crippen molar-refractivity contribution >= 4 is 0 Å². The molecule has 0 saturated carbocycles. The first kappa shape index (κ1) is 14.3. The maximum absolute atomic E-state index is 12.8. The largest absolute Gasteiger partial charge is 0.483 e. The Balaban J connectivity index is 2.06. The lowest BCUT2D eigenvalue weighted by molar-refractivity contribution is 0.275. The molecule has 2 aromatic rings. The van der Waals surface area contributed by atoms with E-state index in [0.29, 0.717) is 13.0 Å². The summed E-state index contributed by atoms with van der Waals surface area (Å²) in [5.41, 5.74) is 0.555. The van der Waals surface area contributed by atoms with Gasteiger partial charge >= 0.3 is 0 Å². The van der Waals surface area contributed by atoms with Crippen molar-refractivity contribution in [1.29, 1.82) is 0 Å². The van der Waals surface area contributed by atoms with E-state index in [2.05, 4.69) is 0 Å². The van der Waals surface area contributed by atoms with Crippen molar-refractivity contribution in [3.05, 3.63) is 64.3 Å².